The van der Waals surface area contributed by atoms with E-state index in [-0.39, 0.29) is 17.5 Å². The highest BCUT2D eigenvalue weighted by atomic mass is 32.1. The van der Waals surface area contributed by atoms with Crippen LogP contribution in [0, 0.1) is 5.82 Å². The van der Waals surface area contributed by atoms with Crippen molar-refractivity contribution in [1.29, 1.82) is 0 Å². The Kier molecular flexibility index (Phi) is 6.45. The number of carboxylic acids is 1. The first-order valence-electron chi connectivity index (χ1n) is 12.1. The van der Waals surface area contributed by atoms with Gasteiger partial charge in [0.15, 0.2) is 10.8 Å². The topological polar surface area (TPSA) is 105 Å². The van der Waals surface area contributed by atoms with E-state index in [0.29, 0.717) is 37.5 Å². The van der Waals surface area contributed by atoms with Crippen molar-refractivity contribution < 1.29 is 23.8 Å². The monoisotopic (exact) mass is 560 g/mol. The van der Waals surface area contributed by atoms with Gasteiger partial charge >= 0.3 is 12.0 Å². The van der Waals surface area contributed by atoms with Gasteiger partial charge in [-0.2, -0.15) is 0 Å². The third-order valence-electron chi connectivity index (χ3n) is 6.44. The van der Waals surface area contributed by atoms with E-state index in [1.54, 1.807) is 42.3 Å². The summed E-state index contributed by atoms with van der Waals surface area (Å²) in [6.45, 7) is 0.511. The number of hydrogen-bond acceptors (Lipinski definition) is 7. The maximum atomic E-state index is 13.6. The highest BCUT2D eigenvalue weighted by Crippen LogP contribution is 2.39. The lowest BCUT2D eigenvalue weighted by Crippen LogP contribution is -2.38. The Morgan fingerprint density at radius 3 is 2.59 bits per heavy atom. The van der Waals surface area contributed by atoms with E-state index in [1.165, 1.54) is 34.8 Å². The molecule has 6 rings (SSSR count). The van der Waals surface area contributed by atoms with Crippen molar-refractivity contribution in [2.75, 3.05) is 23.9 Å². The predicted octanol–water partition coefficient (Wildman–Crippen LogP) is 6.92. The van der Waals surface area contributed by atoms with E-state index < -0.39 is 5.97 Å². The van der Waals surface area contributed by atoms with Gasteiger partial charge in [0.1, 0.15) is 16.6 Å². The molecule has 0 unspecified atom stereocenters. The van der Waals surface area contributed by atoms with E-state index in [0.717, 1.165) is 35.2 Å². The van der Waals surface area contributed by atoms with Crippen molar-refractivity contribution >= 4 is 55.7 Å². The van der Waals surface area contributed by atoms with Crippen molar-refractivity contribution in [3.8, 4) is 26.8 Å². The largest absolute Gasteiger partial charge is 0.497 e. The number of fused-ring (bicyclic) bond motifs is 2. The number of anilines is 2. The average Bonchev–Trinajstić information content (AvgIpc) is 3.56. The Balaban J connectivity index is 1.32. The Labute approximate surface area is 230 Å². The van der Waals surface area contributed by atoms with Crippen molar-refractivity contribution in [1.82, 2.24) is 9.97 Å². The number of carboxylic acid groups (broad SMARTS) is 1. The van der Waals surface area contributed by atoms with Gasteiger partial charge in [-0.05, 0) is 72.5 Å². The van der Waals surface area contributed by atoms with Gasteiger partial charge in [0.05, 0.1) is 22.2 Å². The minimum atomic E-state index is -1.11. The van der Waals surface area contributed by atoms with E-state index in [1.807, 2.05) is 18.2 Å². The van der Waals surface area contributed by atoms with Crippen LogP contribution >= 0.6 is 22.7 Å². The van der Waals surface area contributed by atoms with Crippen molar-refractivity contribution in [2.45, 2.75) is 12.8 Å². The molecule has 2 amide bonds. The number of benzene rings is 3. The summed E-state index contributed by atoms with van der Waals surface area (Å²) in [5.74, 6) is -0.797. The smallest absolute Gasteiger partial charge is 0.356 e. The van der Waals surface area contributed by atoms with Crippen LogP contribution in [-0.2, 0) is 6.42 Å². The minimum Gasteiger partial charge on any atom is -0.497 e. The van der Waals surface area contributed by atoms with Crippen LogP contribution in [0.1, 0.15) is 22.5 Å². The third kappa shape index (κ3) is 4.82. The number of rotatable bonds is 5. The normalized spacial score (nSPS) is 12.8. The van der Waals surface area contributed by atoms with Crippen LogP contribution < -0.4 is 15.0 Å². The maximum absolute atomic E-state index is 13.6. The van der Waals surface area contributed by atoms with Gasteiger partial charge in [0, 0.05) is 17.8 Å². The van der Waals surface area contributed by atoms with Gasteiger partial charge < -0.3 is 9.84 Å². The van der Waals surface area contributed by atoms with Crippen LogP contribution in [0.25, 0.3) is 31.2 Å². The fourth-order valence-electron chi connectivity index (χ4n) is 4.56. The molecule has 2 N–H and O–H groups in total. The molecule has 196 valence electrons. The van der Waals surface area contributed by atoms with Crippen LogP contribution in [0.3, 0.4) is 0 Å². The number of ether oxygens (including phenoxy) is 1. The molecule has 2 aromatic heterocycles. The van der Waals surface area contributed by atoms with Gasteiger partial charge in [-0.1, -0.05) is 23.5 Å². The van der Waals surface area contributed by atoms with Crippen molar-refractivity contribution in [3.05, 3.63) is 77.7 Å². The molecule has 0 saturated heterocycles. The number of thiazole rings is 2. The quantitative estimate of drug-likeness (QED) is 0.242. The number of methoxy groups -OCH3 is 1. The zero-order valence-electron chi connectivity index (χ0n) is 20.6. The molecular formula is C28H21FN4O4S2. The Bertz CT molecular complexity index is 1730. The Morgan fingerprint density at radius 2 is 1.82 bits per heavy atom. The fourth-order valence-corrected chi connectivity index (χ4v) is 6.50. The number of carbonyl (C=O) groups excluding carboxylic acids is 1. The predicted molar refractivity (Wildman–Crippen MR) is 151 cm³/mol. The summed E-state index contributed by atoms with van der Waals surface area (Å²) in [5.41, 5.74) is 3.78. The lowest BCUT2D eigenvalue weighted by Gasteiger charge is -2.29. The van der Waals surface area contributed by atoms with Gasteiger partial charge in [0.25, 0.3) is 0 Å². The molecule has 1 aliphatic rings. The van der Waals surface area contributed by atoms with Crippen LogP contribution in [0.15, 0.2) is 60.7 Å². The molecule has 3 aromatic carbocycles. The third-order valence-corrected chi connectivity index (χ3v) is 8.53. The van der Waals surface area contributed by atoms with E-state index >= 15 is 0 Å². The molecule has 0 fully saturated rings. The number of aromatic nitrogens is 2. The molecule has 39 heavy (non-hydrogen) atoms. The molecular weight excluding hydrogens is 539 g/mol. The SMILES string of the molecule is COc1ccc(-c2sc(-c3ccc4c(c3)N(C(=O)Nc3nc5ccc(F)cc5s3)CCC4)nc2C(=O)O)cc1. The van der Waals surface area contributed by atoms with Gasteiger partial charge in [-0.15, -0.1) is 11.3 Å². The van der Waals surface area contributed by atoms with Gasteiger partial charge in [0.2, 0.25) is 0 Å². The highest BCUT2D eigenvalue weighted by molar-refractivity contribution is 7.22. The highest BCUT2D eigenvalue weighted by Gasteiger charge is 2.26. The second kappa shape index (κ2) is 10.1. The second-order valence-electron chi connectivity index (χ2n) is 8.89. The zero-order valence-corrected chi connectivity index (χ0v) is 22.2. The zero-order chi connectivity index (χ0) is 27.1. The number of aryl methyl sites for hydroxylation is 1. The summed E-state index contributed by atoms with van der Waals surface area (Å²) in [6, 6.07) is 16.9. The molecule has 3 heterocycles. The first-order valence-corrected chi connectivity index (χ1v) is 13.7. The first-order chi connectivity index (χ1) is 18.9. The summed E-state index contributed by atoms with van der Waals surface area (Å²) in [5, 5.41) is 13.6. The number of hydrogen-bond donors (Lipinski definition) is 2. The number of amides is 2. The van der Waals surface area contributed by atoms with Crippen LogP contribution in [0.2, 0.25) is 0 Å². The fraction of sp³-hybridized carbons (Fsp3) is 0.143. The van der Waals surface area contributed by atoms with Gasteiger partial charge in [-0.3, -0.25) is 10.2 Å². The summed E-state index contributed by atoms with van der Waals surface area (Å²) in [7, 11) is 1.57. The average molecular weight is 561 g/mol. The first kappa shape index (κ1) is 25.0. The standard InChI is InChI=1S/C28H21FN4O4S2/c1-37-19-9-6-16(7-10-19)24-23(26(34)35)31-25(39-24)17-5-4-15-3-2-12-33(21(15)13-17)28(36)32-27-30-20-11-8-18(29)14-22(20)38-27/h4-11,13-14H,2-3,12H2,1H3,(H,34,35)(H,30,32,36). The van der Waals surface area contributed by atoms with Gasteiger partial charge in [-0.25, -0.2) is 23.9 Å². The molecule has 5 aromatic rings. The number of nitrogens with one attached hydrogen (secondary N) is 1. The number of carbonyl (C=O) groups is 2. The second-order valence-corrected chi connectivity index (χ2v) is 10.9. The Morgan fingerprint density at radius 1 is 1.03 bits per heavy atom. The summed E-state index contributed by atoms with van der Waals surface area (Å²) in [6.07, 6.45) is 1.61. The molecule has 11 heteroatoms. The Hall–Kier alpha value is -4.35. The van der Waals surface area contributed by atoms with Crippen LogP contribution in [0.5, 0.6) is 5.75 Å². The molecule has 0 spiro atoms. The molecule has 0 bridgehead atoms. The van der Waals surface area contributed by atoms with E-state index in [4.69, 9.17) is 4.74 Å². The summed E-state index contributed by atoms with van der Waals surface area (Å²) < 4.78 is 19.4. The number of nitrogens with zero attached hydrogens (tertiary/aromatic N) is 3. The lowest BCUT2D eigenvalue weighted by molar-refractivity contribution is 0.0692. The number of aromatic carboxylic acids is 1. The minimum absolute atomic E-state index is 0.0280. The summed E-state index contributed by atoms with van der Waals surface area (Å²) >= 11 is 2.49. The molecule has 0 saturated carbocycles. The maximum Gasteiger partial charge on any atom is 0.356 e. The van der Waals surface area contributed by atoms with Crippen molar-refractivity contribution in [2.24, 2.45) is 0 Å². The van der Waals surface area contributed by atoms with E-state index in [2.05, 4.69) is 15.3 Å². The molecule has 0 aliphatic carbocycles. The number of urea groups is 1. The number of halogens is 1. The molecule has 0 atom stereocenters. The van der Waals surface area contributed by atoms with E-state index in [9.17, 15) is 19.1 Å². The van der Waals surface area contributed by atoms with Crippen molar-refractivity contribution in [3.63, 3.8) is 0 Å². The summed E-state index contributed by atoms with van der Waals surface area (Å²) in [4.78, 5) is 36.4. The molecule has 0 radical (unpaired) electrons. The molecule has 8 nitrogen and oxygen atoms in total. The lowest BCUT2D eigenvalue weighted by atomic mass is 10.00. The molecule has 1 aliphatic heterocycles. The van der Waals surface area contributed by atoms with Crippen LogP contribution in [-0.4, -0.2) is 40.7 Å². The van der Waals surface area contributed by atoms with Crippen LogP contribution in [0.4, 0.5) is 20.0 Å².